The van der Waals surface area contributed by atoms with Crippen LogP contribution in [0, 0.1) is 0 Å². The van der Waals surface area contributed by atoms with E-state index in [-0.39, 0.29) is 0 Å². The third-order valence-corrected chi connectivity index (χ3v) is 7.06. The van der Waals surface area contributed by atoms with Gasteiger partial charge in [-0.2, -0.15) is 0 Å². The first-order valence-electron chi connectivity index (χ1n) is 10.3. The van der Waals surface area contributed by atoms with Gasteiger partial charge >= 0.3 is 0 Å². The van der Waals surface area contributed by atoms with Crippen LogP contribution in [0.5, 0.6) is 5.75 Å². The van der Waals surface area contributed by atoms with Gasteiger partial charge in [0.25, 0.3) is 0 Å². The molecule has 0 radical (unpaired) electrons. The summed E-state index contributed by atoms with van der Waals surface area (Å²) in [5.41, 5.74) is 3.76. The highest BCUT2D eigenvalue weighted by molar-refractivity contribution is 7.18. The molecule has 1 aliphatic carbocycles. The van der Waals surface area contributed by atoms with Gasteiger partial charge in [0.1, 0.15) is 5.75 Å². The van der Waals surface area contributed by atoms with E-state index in [0.717, 1.165) is 24.4 Å². The maximum absolute atomic E-state index is 5.57. The summed E-state index contributed by atoms with van der Waals surface area (Å²) in [6.45, 7) is 1.90. The lowest BCUT2D eigenvalue weighted by Crippen LogP contribution is -2.45. The van der Waals surface area contributed by atoms with E-state index < -0.39 is 0 Å². The first-order chi connectivity index (χ1) is 13.8. The molecule has 2 aliphatic rings. The van der Waals surface area contributed by atoms with Gasteiger partial charge in [-0.3, -0.25) is 0 Å². The smallest absolute Gasteiger partial charge is 0.120 e. The number of aromatic nitrogens is 1. The van der Waals surface area contributed by atoms with E-state index in [1.165, 1.54) is 46.5 Å². The van der Waals surface area contributed by atoms with Gasteiger partial charge in [-0.15, -0.1) is 11.3 Å². The summed E-state index contributed by atoms with van der Waals surface area (Å²) in [7, 11) is 1.75. The Bertz CT molecular complexity index is 951. The highest BCUT2D eigenvalue weighted by Crippen LogP contribution is 2.44. The van der Waals surface area contributed by atoms with Crippen LogP contribution in [0.4, 0.5) is 0 Å². The number of hydrogen-bond acceptors (Lipinski definition) is 5. The van der Waals surface area contributed by atoms with Crippen LogP contribution < -0.4 is 15.4 Å². The van der Waals surface area contributed by atoms with Crippen LogP contribution >= 0.6 is 11.3 Å². The molecule has 1 saturated heterocycles. The molecular formula is C23H27N3OS. The van der Waals surface area contributed by atoms with Gasteiger partial charge in [-0.1, -0.05) is 30.3 Å². The number of fused-ring (bicyclic) bond motifs is 1. The third-order valence-electron chi connectivity index (χ3n) is 5.90. The van der Waals surface area contributed by atoms with Gasteiger partial charge in [-0.25, -0.2) is 4.98 Å². The summed E-state index contributed by atoms with van der Waals surface area (Å²) >= 11 is 1.84. The van der Waals surface area contributed by atoms with Gasteiger partial charge in [0.05, 0.1) is 22.3 Å². The first kappa shape index (κ1) is 18.1. The maximum atomic E-state index is 5.57. The highest BCUT2D eigenvalue weighted by Gasteiger charge is 2.28. The highest BCUT2D eigenvalue weighted by atomic mass is 32.1. The van der Waals surface area contributed by atoms with Gasteiger partial charge < -0.3 is 15.4 Å². The molecule has 2 N–H and O–H groups in total. The second-order valence-electron chi connectivity index (χ2n) is 7.93. The summed E-state index contributed by atoms with van der Waals surface area (Å²) in [6.07, 6.45) is 4.97. The van der Waals surface area contributed by atoms with Crippen molar-refractivity contribution < 1.29 is 4.74 Å². The molecule has 1 aliphatic heterocycles. The van der Waals surface area contributed by atoms with E-state index in [1.807, 2.05) is 11.3 Å². The van der Waals surface area contributed by atoms with E-state index in [9.17, 15) is 0 Å². The maximum Gasteiger partial charge on any atom is 0.120 e. The molecule has 5 heteroatoms. The Hall–Kier alpha value is -1.95. The SMILES string of the molecule is COc1cc(CNC2CCCNC2c2ccccc2)c2nc(C3CC3)sc2c1. The van der Waals surface area contributed by atoms with Crippen molar-refractivity contribution in [2.75, 3.05) is 13.7 Å². The molecule has 1 aromatic heterocycles. The number of hydrogen-bond donors (Lipinski definition) is 2. The summed E-state index contributed by atoms with van der Waals surface area (Å²) in [5, 5.41) is 8.84. The van der Waals surface area contributed by atoms with Crippen molar-refractivity contribution in [3.8, 4) is 5.75 Å². The van der Waals surface area contributed by atoms with Crippen molar-refractivity contribution >= 4 is 21.6 Å². The summed E-state index contributed by atoms with van der Waals surface area (Å²) in [5.74, 6) is 1.62. The minimum Gasteiger partial charge on any atom is -0.497 e. The number of piperidine rings is 1. The predicted molar refractivity (Wildman–Crippen MR) is 115 cm³/mol. The molecule has 0 spiro atoms. The van der Waals surface area contributed by atoms with Crippen LogP contribution in [0.1, 0.15) is 53.8 Å². The Morgan fingerprint density at radius 1 is 1.18 bits per heavy atom. The number of thiazole rings is 1. The van der Waals surface area contributed by atoms with Crippen molar-refractivity contribution in [1.29, 1.82) is 0 Å². The largest absolute Gasteiger partial charge is 0.497 e. The van der Waals surface area contributed by atoms with Crippen molar-refractivity contribution in [2.45, 2.75) is 50.2 Å². The fourth-order valence-corrected chi connectivity index (χ4v) is 5.42. The quantitative estimate of drug-likeness (QED) is 0.633. The zero-order valence-electron chi connectivity index (χ0n) is 16.3. The van der Waals surface area contributed by atoms with Gasteiger partial charge in [0, 0.05) is 24.5 Å². The second-order valence-corrected chi connectivity index (χ2v) is 8.99. The minimum absolute atomic E-state index is 0.355. The fraction of sp³-hybridized carbons (Fsp3) is 0.435. The lowest BCUT2D eigenvalue weighted by Gasteiger charge is -2.34. The van der Waals surface area contributed by atoms with Crippen LogP contribution in [-0.4, -0.2) is 24.7 Å². The number of ether oxygens (including phenoxy) is 1. The average Bonchev–Trinajstić information content (AvgIpc) is 3.51. The molecule has 146 valence electrons. The van der Waals surface area contributed by atoms with Gasteiger partial charge in [-0.05, 0) is 55.5 Å². The van der Waals surface area contributed by atoms with Gasteiger partial charge in [0.2, 0.25) is 0 Å². The standard InChI is InChI=1S/C23H27N3OS/c1-27-18-12-17(22-20(13-18)28-23(26-22)16-9-10-16)14-25-19-8-5-11-24-21(19)15-6-3-2-4-7-15/h2-4,6-7,12-13,16,19,21,24-25H,5,8-11,14H2,1H3. The Kier molecular flexibility index (Phi) is 5.05. The van der Waals surface area contributed by atoms with Crippen LogP contribution in [-0.2, 0) is 6.54 Å². The van der Waals surface area contributed by atoms with Crippen LogP contribution in [0.25, 0.3) is 10.2 Å². The van der Waals surface area contributed by atoms with Crippen LogP contribution in [0.3, 0.4) is 0 Å². The van der Waals surface area contributed by atoms with Crippen molar-refractivity contribution in [3.05, 3.63) is 58.6 Å². The molecule has 28 heavy (non-hydrogen) atoms. The molecule has 0 bridgehead atoms. The zero-order valence-corrected chi connectivity index (χ0v) is 17.1. The molecule has 1 saturated carbocycles. The average molecular weight is 394 g/mol. The van der Waals surface area contributed by atoms with Gasteiger partial charge in [0.15, 0.2) is 0 Å². The molecule has 5 rings (SSSR count). The summed E-state index contributed by atoms with van der Waals surface area (Å²) < 4.78 is 6.82. The van der Waals surface area contributed by atoms with E-state index in [2.05, 4.69) is 53.1 Å². The summed E-state index contributed by atoms with van der Waals surface area (Å²) in [6, 6.07) is 15.9. The molecule has 0 amide bonds. The number of nitrogens with zero attached hydrogens (tertiary/aromatic N) is 1. The number of methoxy groups -OCH3 is 1. The minimum atomic E-state index is 0.355. The monoisotopic (exact) mass is 393 g/mol. The molecule has 4 nitrogen and oxygen atoms in total. The first-order valence-corrected chi connectivity index (χ1v) is 11.1. The fourth-order valence-electron chi connectivity index (χ4n) is 4.21. The van der Waals surface area contributed by atoms with Crippen molar-refractivity contribution in [1.82, 2.24) is 15.6 Å². The predicted octanol–water partition coefficient (Wildman–Crippen LogP) is 4.77. The van der Waals surface area contributed by atoms with Crippen molar-refractivity contribution in [2.24, 2.45) is 0 Å². The van der Waals surface area contributed by atoms with E-state index in [4.69, 9.17) is 9.72 Å². The van der Waals surface area contributed by atoms with Crippen LogP contribution in [0.2, 0.25) is 0 Å². The Labute approximate surface area is 170 Å². The Morgan fingerprint density at radius 2 is 2.04 bits per heavy atom. The molecule has 2 unspecified atom stereocenters. The molecule has 2 aromatic carbocycles. The Morgan fingerprint density at radius 3 is 2.82 bits per heavy atom. The number of nitrogens with one attached hydrogen (secondary N) is 2. The molecular weight excluding hydrogens is 366 g/mol. The Balaban J connectivity index is 1.39. The second kappa shape index (κ2) is 7.82. The van der Waals surface area contributed by atoms with E-state index in [1.54, 1.807) is 7.11 Å². The summed E-state index contributed by atoms with van der Waals surface area (Å²) in [4.78, 5) is 5.00. The third kappa shape index (κ3) is 3.66. The van der Waals surface area contributed by atoms with Crippen LogP contribution in [0.15, 0.2) is 42.5 Å². The topological polar surface area (TPSA) is 46.2 Å². The lowest BCUT2D eigenvalue weighted by molar-refractivity contribution is 0.305. The van der Waals surface area contributed by atoms with Crippen molar-refractivity contribution in [3.63, 3.8) is 0 Å². The lowest BCUT2D eigenvalue weighted by atomic mass is 9.92. The van der Waals surface area contributed by atoms with E-state index in [0.29, 0.717) is 18.0 Å². The molecule has 2 atom stereocenters. The van der Waals surface area contributed by atoms with E-state index >= 15 is 0 Å². The molecule has 2 fully saturated rings. The molecule has 3 aromatic rings. The number of rotatable bonds is 6. The molecule has 2 heterocycles. The zero-order chi connectivity index (χ0) is 18.9. The number of benzene rings is 2. The normalized spacial score (nSPS) is 22.5.